The van der Waals surface area contributed by atoms with Crippen molar-refractivity contribution in [1.29, 1.82) is 0 Å². The predicted molar refractivity (Wildman–Crippen MR) is 59.0 cm³/mol. The van der Waals surface area contributed by atoms with Gasteiger partial charge in [-0.05, 0) is 0 Å². The Morgan fingerprint density at radius 2 is 1.60 bits per heavy atom. The Bertz CT molecular complexity index is 71.1. The quantitative estimate of drug-likeness (QED) is 0.533. The molecule has 10 heavy (non-hydrogen) atoms. The second-order valence-electron chi connectivity index (χ2n) is 1.00. The normalized spacial score (nSPS) is 8.80. The van der Waals surface area contributed by atoms with Crippen LogP contribution in [0.2, 0.25) is 0 Å². The fourth-order valence-electron chi connectivity index (χ4n) is 0.340. The van der Waals surface area contributed by atoms with Gasteiger partial charge >= 0.3 is 26.2 Å². The van der Waals surface area contributed by atoms with Crippen molar-refractivity contribution in [3.8, 4) is 0 Å². The zero-order valence-electron chi connectivity index (χ0n) is 5.66. The van der Waals surface area contributed by atoms with E-state index in [1.54, 1.807) is 0 Å². The third-order valence-corrected chi connectivity index (χ3v) is 0.586. The monoisotopic (exact) mass is 410 g/mol. The average Bonchev–Trinajstić information content (AvgIpc) is 1.76. The molecule has 0 radical (unpaired) electrons. The second kappa shape index (κ2) is 22.4. The minimum atomic E-state index is 0. The summed E-state index contributed by atoms with van der Waals surface area (Å²) in [5.41, 5.74) is 0. The molecule has 0 atom stereocenters. The van der Waals surface area contributed by atoms with Gasteiger partial charge < -0.3 is 7.43 Å². The van der Waals surface area contributed by atoms with Gasteiger partial charge in [0.05, 0.1) is 0 Å². The van der Waals surface area contributed by atoms with Crippen molar-refractivity contribution in [3.05, 3.63) is 31.7 Å². The van der Waals surface area contributed by atoms with Crippen LogP contribution in [0.5, 0.6) is 0 Å². The second-order valence-corrected chi connectivity index (χ2v) is 1.00. The van der Waals surface area contributed by atoms with E-state index in [-0.39, 0.29) is 84.6 Å². The number of hydrogen-bond donors (Lipinski definition) is 0. The first-order valence-electron chi connectivity index (χ1n) is 1.72. The predicted octanol–water partition coefficient (Wildman–Crippen LogP) is 3.49. The maximum atomic E-state index is 2.99. The summed E-state index contributed by atoms with van der Waals surface area (Å²) in [5, 5.41) is 0. The summed E-state index contributed by atoms with van der Waals surface area (Å²) in [6.45, 7) is 0. The number of rotatable bonds is 0. The molecule has 0 saturated heterocycles. The smallest absolute Gasteiger partial charge is 0.358 e. The average molecular weight is 414 g/mol. The summed E-state index contributed by atoms with van der Waals surface area (Å²) in [6, 6.07) is 0. The molecule has 4 heteroatoms. The number of halogens is 3. The van der Waals surface area contributed by atoms with Gasteiger partial charge in [0.1, 0.15) is 0 Å². The van der Waals surface area contributed by atoms with Crippen molar-refractivity contribution in [2.75, 3.05) is 0 Å². The van der Waals surface area contributed by atoms with Crippen LogP contribution in [0.25, 0.3) is 0 Å². The summed E-state index contributed by atoms with van der Waals surface area (Å²) >= 11 is 0. The Morgan fingerprint density at radius 1 is 1.10 bits per heavy atom. The first-order valence-corrected chi connectivity index (χ1v) is 1.72. The topological polar surface area (TPSA) is 0 Å². The zero-order chi connectivity index (χ0) is 3.54. The van der Waals surface area contributed by atoms with Gasteiger partial charge in [-0.1, -0.05) is 0 Å². The molecule has 0 aliphatic heterocycles. The van der Waals surface area contributed by atoms with Gasteiger partial charge in [-0.2, -0.15) is 6.08 Å². The Hall–Kier alpha value is 1.80. The van der Waals surface area contributed by atoms with E-state index in [9.17, 15) is 0 Å². The van der Waals surface area contributed by atoms with Crippen molar-refractivity contribution in [2.24, 2.45) is 0 Å². The first-order chi connectivity index (χ1) is 2.50. The van der Waals surface area contributed by atoms with Gasteiger partial charge in [-0.3, -0.25) is 6.08 Å². The summed E-state index contributed by atoms with van der Waals surface area (Å²) < 4.78 is 0. The van der Waals surface area contributed by atoms with Crippen molar-refractivity contribution in [3.63, 3.8) is 0 Å². The van der Waals surface area contributed by atoms with Crippen LogP contribution in [0.3, 0.4) is 0 Å². The molecule has 60 valence electrons. The van der Waals surface area contributed by atoms with Crippen molar-refractivity contribution in [1.82, 2.24) is 0 Å². The molecule has 1 aliphatic carbocycles. The third kappa shape index (κ3) is 16.4. The minimum absolute atomic E-state index is 0. The summed E-state index contributed by atoms with van der Waals surface area (Å²) in [5.74, 6) is 0. The Kier molecular flexibility index (Phi) is 66.8. The van der Waals surface area contributed by atoms with E-state index in [0.29, 0.717) is 0 Å². The van der Waals surface area contributed by atoms with Crippen molar-refractivity contribution >= 4 is 50.9 Å². The van der Waals surface area contributed by atoms with Crippen LogP contribution >= 0.6 is 50.9 Å². The van der Waals surface area contributed by atoms with E-state index in [1.807, 2.05) is 12.2 Å². The van der Waals surface area contributed by atoms with Gasteiger partial charge in [0.25, 0.3) is 0 Å². The third-order valence-electron chi connectivity index (χ3n) is 0.586. The van der Waals surface area contributed by atoms with E-state index in [1.165, 1.54) is 0 Å². The molecule has 0 amide bonds. The molecule has 1 rings (SSSR count). The maximum Gasteiger partial charge on any atom is 2.00 e. The molecule has 0 N–H and O–H groups in total. The Morgan fingerprint density at radius 3 is 1.70 bits per heavy atom. The van der Waals surface area contributed by atoms with Crippen LogP contribution in [0.15, 0.2) is 18.2 Å². The molecule has 0 bridgehead atoms. The summed E-state index contributed by atoms with van der Waals surface area (Å²) in [4.78, 5) is 0. The molecule has 0 heterocycles. The molecular weight excluding hydrogens is 403 g/mol. The molecular formula is C6H11Br3Zr. The van der Waals surface area contributed by atoms with Gasteiger partial charge in [-0.25, -0.2) is 12.2 Å². The maximum absolute atomic E-state index is 2.99. The molecule has 0 nitrogen and oxygen atoms in total. The molecule has 1 aliphatic rings. The molecule has 0 aromatic rings. The molecule has 0 saturated carbocycles. The Labute approximate surface area is 114 Å². The number of allylic oxidation sites excluding steroid dienone is 4. The van der Waals surface area contributed by atoms with Gasteiger partial charge in [0.2, 0.25) is 0 Å². The van der Waals surface area contributed by atoms with Crippen LogP contribution in [0.4, 0.5) is 0 Å². The van der Waals surface area contributed by atoms with Crippen LogP contribution in [-0.4, -0.2) is 0 Å². The molecule has 0 fully saturated rings. The molecule has 0 aromatic heterocycles. The van der Waals surface area contributed by atoms with Crippen molar-refractivity contribution in [2.45, 2.75) is 6.42 Å². The SMILES string of the molecule is Br.Br.Br.[C-]1=CC=CC1.[CH3-].[Zr+2]. The van der Waals surface area contributed by atoms with Gasteiger partial charge in [0, 0.05) is 0 Å². The van der Waals surface area contributed by atoms with Gasteiger partial charge in [-0.15, -0.1) is 57.4 Å². The van der Waals surface area contributed by atoms with Crippen LogP contribution in [-0.2, 0) is 26.2 Å². The Balaban J connectivity index is -0.0000000167. The summed E-state index contributed by atoms with van der Waals surface area (Å²) in [7, 11) is 0. The van der Waals surface area contributed by atoms with E-state index in [4.69, 9.17) is 0 Å². The molecule has 0 aromatic carbocycles. The molecule has 0 spiro atoms. The van der Waals surface area contributed by atoms with Crippen LogP contribution in [0.1, 0.15) is 6.42 Å². The van der Waals surface area contributed by atoms with Crippen molar-refractivity contribution < 1.29 is 26.2 Å². The summed E-state index contributed by atoms with van der Waals surface area (Å²) in [6.07, 6.45) is 10.0. The van der Waals surface area contributed by atoms with E-state index < -0.39 is 0 Å². The number of hydrogen-bond acceptors (Lipinski definition) is 0. The largest absolute Gasteiger partial charge is 2.00 e. The van der Waals surface area contributed by atoms with Crippen LogP contribution in [0, 0.1) is 13.5 Å². The first kappa shape index (κ1) is 29.8. The zero-order valence-corrected chi connectivity index (χ0v) is 13.3. The van der Waals surface area contributed by atoms with E-state index >= 15 is 0 Å². The minimum Gasteiger partial charge on any atom is -0.358 e. The fraction of sp³-hybridized carbons (Fsp3) is 0.167. The van der Waals surface area contributed by atoms with Crippen LogP contribution < -0.4 is 0 Å². The fourth-order valence-corrected chi connectivity index (χ4v) is 0.340. The van der Waals surface area contributed by atoms with E-state index in [0.717, 1.165) is 6.42 Å². The van der Waals surface area contributed by atoms with E-state index in [2.05, 4.69) is 12.2 Å². The molecule has 0 unspecified atom stereocenters. The standard InChI is InChI=1S/C5H5.CH3.3BrH.Zr/c1-2-4-5-3-1;;;;;/h1-3H,4H2;1H3;3*1H;/q2*-1;;;;+2. The van der Waals surface area contributed by atoms with Gasteiger partial charge in [0.15, 0.2) is 0 Å².